The first-order valence-corrected chi connectivity index (χ1v) is 9.58. The third-order valence-corrected chi connectivity index (χ3v) is 5.73. The molecule has 0 radical (unpaired) electrons. The molecule has 3 rings (SSSR count). The highest BCUT2D eigenvalue weighted by atomic mass is 19.1. The van der Waals surface area contributed by atoms with E-state index >= 15 is 0 Å². The SMILES string of the molecule is CN(C)C(C(=O)N1CCC(N2CCC(O)CC2)CC1)c1ccc(F)cc1. The van der Waals surface area contributed by atoms with Gasteiger partial charge in [0.05, 0.1) is 6.10 Å². The standard InChI is InChI=1S/C20H30FN3O2/c1-22(2)19(15-3-5-16(21)6-4-15)20(26)24-11-7-17(8-12-24)23-13-9-18(25)10-14-23/h3-6,17-19,25H,7-14H2,1-2H3. The van der Waals surface area contributed by atoms with Gasteiger partial charge in [-0.2, -0.15) is 0 Å². The molecule has 0 saturated carbocycles. The minimum atomic E-state index is -0.378. The lowest BCUT2D eigenvalue weighted by molar-refractivity contribution is -0.138. The van der Waals surface area contributed by atoms with E-state index < -0.39 is 0 Å². The Hall–Kier alpha value is -1.50. The van der Waals surface area contributed by atoms with E-state index in [0.29, 0.717) is 6.04 Å². The molecule has 1 aromatic carbocycles. The van der Waals surface area contributed by atoms with Gasteiger partial charge in [-0.05, 0) is 57.5 Å². The van der Waals surface area contributed by atoms with Crippen molar-refractivity contribution in [1.29, 1.82) is 0 Å². The van der Waals surface area contributed by atoms with Crippen LogP contribution in [-0.2, 0) is 4.79 Å². The van der Waals surface area contributed by atoms with Crippen molar-refractivity contribution in [3.8, 4) is 0 Å². The average molecular weight is 363 g/mol. The van der Waals surface area contributed by atoms with Crippen LogP contribution >= 0.6 is 0 Å². The van der Waals surface area contributed by atoms with E-state index in [4.69, 9.17) is 0 Å². The maximum Gasteiger partial charge on any atom is 0.244 e. The van der Waals surface area contributed by atoms with Gasteiger partial charge < -0.3 is 14.9 Å². The van der Waals surface area contributed by atoms with Gasteiger partial charge in [0.2, 0.25) is 5.91 Å². The van der Waals surface area contributed by atoms with Gasteiger partial charge in [0.1, 0.15) is 11.9 Å². The summed E-state index contributed by atoms with van der Waals surface area (Å²) in [5.41, 5.74) is 0.827. The van der Waals surface area contributed by atoms with Crippen LogP contribution in [0.4, 0.5) is 4.39 Å². The maximum absolute atomic E-state index is 13.2. The van der Waals surface area contributed by atoms with Gasteiger partial charge >= 0.3 is 0 Å². The number of likely N-dealkylation sites (tertiary alicyclic amines) is 2. The summed E-state index contributed by atoms with van der Waals surface area (Å²) in [7, 11) is 3.77. The Kier molecular flexibility index (Phi) is 6.27. The highest BCUT2D eigenvalue weighted by Gasteiger charge is 2.33. The number of hydrogen-bond acceptors (Lipinski definition) is 4. The van der Waals surface area contributed by atoms with Crippen LogP contribution in [0.3, 0.4) is 0 Å². The lowest BCUT2D eigenvalue weighted by atomic mass is 9.97. The molecule has 26 heavy (non-hydrogen) atoms. The van der Waals surface area contributed by atoms with E-state index in [1.165, 1.54) is 12.1 Å². The molecular weight excluding hydrogens is 333 g/mol. The highest BCUT2D eigenvalue weighted by molar-refractivity contribution is 5.83. The summed E-state index contributed by atoms with van der Waals surface area (Å²) in [4.78, 5) is 19.4. The van der Waals surface area contributed by atoms with Crippen LogP contribution in [-0.4, -0.2) is 78.1 Å². The number of amides is 1. The Labute approximate surface area is 155 Å². The minimum Gasteiger partial charge on any atom is -0.393 e. The van der Waals surface area contributed by atoms with Crippen molar-refractivity contribution in [1.82, 2.24) is 14.7 Å². The lowest BCUT2D eigenvalue weighted by Crippen LogP contribution is -2.51. The molecule has 0 spiro atoms. The highest BCUT2D eigenvalue weighted by Crippen LogP contribution is 2.26. The fourth-order valence-corrected chi connectivity index (χ4v) is 4.18. The Bertz CT molecular complexity index is 592. The van der Waals surface area contributed by atoms with Gasteiger partial charge in [-0.1, -0.05) is 12.1 Å². The number of carbonyl (C=O) groups excluding carboxylic acids is 1. The molecular formula is C20H30FN3O2. The van der Waals surface area contributed by atoms with Crippen molar-refractivity contribution in [3.63, 3.8) is 0 Å². The number of halogens is 1. The molecule has 1 N–H and O–H groups in total. The van der Waals surface area contributed by atoms with E-state index in [2.05, 4.69) is 4.90 Å². The Morgan fingerprint density at radius 3 is 2.19 bits per heavy atom. The van der Waals surface area contributed by atoms with Gasteiger partial charge in [-0.3, -0.25) is 9.69 Å². The summed E-state index contributed by atoms with van der Waals surface area (Å²) in [5.74, 6) is -0.194. The smallest absolute Gasteiger partial charge is 0.244 e. The molecule has 5 nitrogen and oxygen atoms in total. The fourth-order valence-electron chi connectivity index (χ4n) is 4.18. The van der Waals surface area contributed by atoms with Crippen LogP contribution in [0.15, 0.2) is 24.3 Å². The van der Waals surface area contributed by atoms with Crippen LogP contribution in [0, 0.1) is 5.82 Å². The number of carbonyl (C=O) groups is 1. The molecule has 2 aliphatic rings. The number of likely N-dealkylation sites (N-methyl/N-ethyl adjacent to an activating group) is 1. The van der Waals surface area contributed by atoms with Crippen LogP contribution in [0.5, 0.6) is 0 Å². The van der Waals surface area contributed by atoms with Gasteiger partial charge in [-0.15, -0.1) is 0 Å². The van der Waals surface area contributed by atoms with E-state index in [1.54, 1.807) is 12.1 Å². The predicted octanol–water partition coefficient (Wildman–Crippen LogP) is 1.88. The molecule has 2 aliphatic heterocycles. The zero-order valence-corrected chi connectivity index (χ0v) is 15.8. The normalized spacial score (nSPS) is 22.0. The zero-order chi connectivity index (χ0) is 18.7. The fraction of sp³-hybridized carbons (Fsp3) is 0.650. The number of nitrogens with zero attached hydrogens (tertiary/aromatic N) is 3. The van der Waals surface area contributed by atoms with Crippen LogP contribution in [0.1, 0.15) is 37.3 Å². The first kappa shape index (κ1) is 19.3. The quantitative estimate of drug-likeness (QED) is 0.887. The monoisotopic (exact) mass is 363 g/mol. The average Bonchev–Trinajstić information content (AvgIpc) is 2.64. The van der Waals surface area contributed by atoms with E-state index in [9.17, 15) is 14.3 Å². The van der Waals surface area contributed by atoms with Gasteiger partial charge in [0.15, 0.2) is 0 Å². The molecule has 1 atom stereocenters. The third kappa shape index (κ3) is 4.42. The summed E-state index contributed by atoms with van der Waals surface area (Å²) in [5, 5.41) is 9.67. The molecule has 144 valence electrons. The van der Waals surface area contributed by atoms with Crippen molar-refractivity contribution in [2.24, 2.45) is 0 Å². The van der Waals surface area contributed by atoms with Gasteiger partial charge in [-0.25, -0.2) is 4.39 Å². The number of aliphatic hydroxyl groups excluding tert-OH is 1. The second-order valence-corrected chi connectivity index (χ2v) is 7.74. The second kappa shape index (κ2) is 8.46. The summed E-state index contributed by atoms with van der Waals surface area (Å²) in [6.45, 7) is 3.42. The van der Waals surface area contributed by atoms with E-state index in [0.717, 1.165) is 57.4 Å². The number of rotatable bonds is 4. The van der Waals surface area contributed by atoms with E-state index in [-0.39, 0.29) is 23.9 Å². The molecule has 2 fully saturated rings. The largest absolute Gasteiger partial charge is 0.393 e. The summed E-state index contributed by atoms with van der Waals surface area (Å²) >= 11 is 0. The van der Waals surface area contributed by atoms with Gasteiger partial charge in [0, 0.05) is 32.2 Å². The third-order valence-electron chi connectivity index (χ3n) is 5.73. The van der Waals surface area contributed by atoms with Crippen LogP contribution < -0.4 is 0 Å². The van der Waals surface area contributed by atoms with Crippen molar-refractivity contribution in [2.45, 2.75) is 43.9 Å². The Morgan fingerprint density at radius 2 is 1.65 bits per heavy atom. The molecule has 0 bridgehead atoms. The van der Waals surface area contributed by atoms with Crippen molar-refractivity contribution in [2.75, 3.05) is 40.3 Å². The minimum absolute atomic E-state index is 0.0918. The topological polar surface area (TPSA) is 47.0 Å². The van der Waals surface area contributed by atoms with Crippen molar-refractivity contribution in [3.05, 3.63) is 35.6 Å². The number of aliphatic hydroxyl groups is 1. The molecule has 6 heteroatoms. The molecule has 1 unspecified atom stereocenters. The maximum atomic E-state index is 13.2. The molecule has 0 aliphatic carbocycles. The van der Waals surface area contributed by atoms with Gasteiger partial charge in [0.25, 0.3) is 0 Å². The van der Waals surface area contributed by atoms with Crippen molar-refractivity contribution < 1.29 is 14.3 Å². The number of piperidine rings is 2. The van der Waals surface area contributed by atoms with Crippen LogP contribution in [0.25, 0.3) is 0 Å². The summed E-state index contributed by atoms with van der Waals surface area (Å²) in [6, 6.07) is 6.35. The molecule has 2 saturated heterocycles. The summed E-state index contributed by atoms with van der Waals surface area (Å²) in [6.07, 6.45) is 3.51. The number of benzene rings is 1. The van der Waals surface area contributed by atoms with Crippen LogP contribution in [0.2, 0.25) is 0 Å². The Morgan fingerprint density at radius 1 is 1.08 bits per heavy atom. The molecule has 2 heterocycles. The summed E-state index contributed by atoms with van der Waals surface area (Å²) < 4.78 is 13.2. The first-order chi connectivity index (χ1) is 12.5. The Balaban J connectivity index is 1.60. The lowest BCUT2D eigenvalue weighted by Gasteiger charge is -2.42. The first-order valence-electron chi connectivity index (χ1n) is 9.58. The number of hydrogen-bond donors (Lipinski definition) is 1. The molecule has 1 amide bonds. The molecule has 0 aromatic heterocycles. The zero-order valence-electron chi connectivity index (χ0n) is 15.8. The second-order valence-electron chi connectivity index (χ2n) is 7.74. The van der Waals surface area contributed by atoms with Crippen molar-refractivity contribution >= 4 is 5.91 Å². The van der Waals surface area contributed by atoms with E-state index in [1.807, 2.05) is 23.9 Å². The predicted molar refractivity (Wildman–Crippen MR) is 99.2 cm³/mol. The molecule has 1 aromatic rings.